The van der Waals surface area contributed by atoms with Crippen LogP contribution < -0.4 is 10.9 Å². The summed E-state index contributed by atoms with van der Waals surface area (Å²) >= 11 is 2.70. The molecule has 162 valence electrons. The average Bonchev–Trinajstić information content (AvgIpc) is 3.41. The van der Waals surface area contributed by atoms with Gasteiger partial charge in [-0.2, -0.15) is 0 Å². The molecule has 5 rings (SSSR count). The van der Waals surface area contributed by atoms with E-state index in [0.717, 1.165) is 29.7 Å². The first kappa shape index (κ1) is 21.0. The zero-order valence-electron chi connectivity index (χ0n) is 17.9. The lowest BCUT2D eigenvalue weighted by Crippen LogP contribution is -2.29. The predicted octanol–water partition coefficient (Wildman–Crippen LogP) is 4.96. The Balaban J connectivity index is 1.43. The van der Waals surface area contributed by atoms with Crippen LogP contribution in [0.15, 0.2) is 63.9 Å². The number of thiophene rings is 1. The molecule has 1 aliphatic rings. The second-order valence-electron chi connectivity index (χ2n) is 8.11. The minimum atomic E-state index is -0.0930. The van der Waals surface area contributed by atoms with Gasteiger partial charge in [-0.25, -0.2) is 4.98 Å². The van der Waals surface area contributed by atoms with Gasteiger partial charge in [0.15, 0.2) is 5.16 Å². The molecule has 2 heterocycles. The van der Waals surface area contributed by atoms with E-state index in [1.54, 1.807) is 4.57 Å². The molecule has 0 aliphatic heterocycles. The summed E-state index contributed by atoms with van der Waals surface area (Å²) in [6.45, 7) is 4.02. The maximum absolute atomic E-state index is 13.3. The molecule has 2 aromatic carbocycles. The van der Waals surface area contributed by atoms with Crippen molar-refractivity contribution in [2.45, 2.75) is 37.9 Å². The van der Waals surface area contributed by atoms with Crippen molar-refractivity contribution in [3.63, 3.8) is 0 Å². The number of carbonyl (C=O) groups is 1. The highest BCUT2D eigenvalue weighted by Gasteiger charge is 2.24. The van der Waals surface area contributed by atoms with Crippen LogP contribution in [0, 0.1) is 13.8 Å². The molecule has 0 saturated carbocycles. The van der Waals surface area contributed by atoms with Crippen LogP contribution in [-0.2, 0) is 11.2 Å². The van der Waals surface area contributed by atoms with Gasteiger partial charge in [0.2, 0.25) is 5.91 Å². The number of nitrogens with one attached hydrogen (secondary N) is 1. The monoisotopic (exact) mass is 461 g/mol. The van der Waals surface area contributed by atoms with E-state index in [1.165, 1.54) is 34.2 Å². The van der Waals surface area contributed by atoms with Crippen molar-refractivity contribution >= 4 is 39.2 Å². The molecule has 0 fully saturated rings. The number of benzene rings is 2. The van der Waals surface area contributed by atoms with Crippen molar-refractivity contribution in [1.29, 1.82) is 0 Å². The van der Waals surface area contributed by atoms with E-state index in [0.29, 0.717) is 15.4 Å². The van der Waals surface area contributed by atoms with E-state index in [4.69, 9.17) is 4.98 Å². The Morgan fingerprint density at radius 2 is 2.06 bits per heavy atom. The number of thioether (sulfide) groups is 1. The number of hydrogen-bond acceptors (Lipinski definition) is 5. The van der Waals surface area contributed by atoms with Gasteiger partial charge in [-0.1, -0.05) is 53.7 Å². The number of aryl methyl sites for hydroxylation is 3. The van der Waals surface area contributed by atoms with E-state index in [2.05, 4.69) is 23.5 Å². The first-order chi connectivity index (χ1) is 15.5. The minimum absolute atomic E-state index is 0.0492. The van der Waals surface area contributed by atoms with Gasteiger partial charge in [0.05, 0.1) is 23.0 Å². The second-order valence-corrected chi connectivity index (χ2v) is 9.96. The van der Waals surface area contributed by atoms with Gasteiger partial charge in [0.1, 0.15) is 4.70 Å². The Morgan fingerprint density at radius 3 is 2.91 bits per heavy atom. The van der Waals surface area contributed by atoms with Crippen LogP contribution in [0.4, 0.5) is 0 Å². The van der Waals surface area contributed by atoms with Crippen LogP contribution in [-0.4, -0.2) is 21.2 Å². The lowest BCUT2D eigenvalue weighted by molar-refractivity contribution is -0.119. The first-order valence-corrected chi connectivity index (χ1v) is 12.5. The van der Waals surface area contributed by atoms with Crippen LogP contribution in [0.2, 0.25) is 0 Å². The van der Waals surface area contributed by atoms with Crippen LogP contribution in [0.1, 0.15) is 34.7 Å². The summed E-state index contributed by atoms with van der Waals surface area (Å²) in [4.78, 5) is 30.9. The summed E-state index contributed by atoms with van der Waals surface area (Å²) in [5, 5.41) is 5.57. The van der Waals surface area contributed by atoms with E-state index in [1.807, 2.05) is 49.6 Å². The fourth-order valence-corrected chi connectivity index (χ4v) is 5.91. The summed E-state index contributed by atoms with van der Waals surface area (Å²) in [7, 11) is 0. The molecule has 1 aliphatic carbocycles. The largest absolute Gasteiger partial charge is 0.349 e. The third-order valence-corrected chi connectivity index (χ3v) is 7.67. The molecule has 5 nitrogen and oxygen atoms in total. The van der Waals surface area contributed by atoms with Crippen molar-refractivity contribution < 1.29 is 4.79 Å². The number of fused-ring (bicyclic) bond motifs is 2. The van der Waals surface area contributed by atoms with Crippen molar-refractivity contribution in [2.24, 2.45) is 0 Å². The third kappa shape index (κ3) is 3.87. The molecular weight excluding hydrogens is 438 g/mol. The van der Waals surface area contributed by atoms with Crippen molar-refractivity contribution in [1.82, 2.24) is 14.9 Å². The number of hydrogen-bond donors (Lipinski definition) is 1. The number of carbonyl (C=O) groups excluding carboxylic acids is 1. The lowest BCUT2D eigenvalue weighted by atomic mass is 10.1. The molecule has 7 heteroatoms. The molecule has 32 heavy (non-hydrogen) atoms. The van der Waals surface area contributed by atoms with Crippen molar-refractivity contribution in [3.05, 3.63) is 86.5 Å². The number of aromatic nitrogens is 2. The highest BCUT2D eigenvalue weighted by atomic mass is 32.2. The quantitative estimate of drug-likeness (QED) is 0.337. The normalized spacial score (nSPS) is 15.1. The maximum atomic E-state index is 13.3. The zero-order chi connectivity index (χ0) is 22.2. The van der Waals surface area contributed by atoms with Gasteiger partial charge in [-0.3, -0.25) is 14.2 Å². The summed E-state index contributed by atoms with van der Waals surface area (Å²) in [5.74, 6) is 0.148. The second kappa shape index (κ2) is 8.56. The molecule has 1 amide bonds. The van der Waals surface area contributed by atoms with Gasteiger partial charge in [0.25, 0.3) is 5.56 Å². The Kier molecular flexibility index (Phi) is 5.61. The zero-order valence-corrected chi connectivity index (χ0v) is 19.6. The van der Waals surface area contributed by atoms with Gasteiger partial charge in [0, 0.05) is 0 Å². The van der Waals surface area contributed by atoms with Crippen molar-refractivity contribution in [3.8, 4) is 5.69 Å². The van der Waals surface area contributed by atoms with Gasteiger partial charge in [-0.05, 0) is 60.9 Å². The molecular formula is C25H23N3O2S2. The molecule has 0 bridgehead atoms. The number of rotatable bonds is 5. The molecule has 1 atom stereocenters. The van der Waals surface area contributed by atoms with Crippen molar-refractivity contribution in [2.75, 3.05) is 5.75 Å². The van der Waals surface area contributed by atoms with E-state index in [9.17, 15) is 9.59 Å². The SMILES string of the molecule is Cc1ccc(-n2c(SCC(=O)NC3CCc4ccccc43)nc3ccsc3c2=O)c(C)c1. The third-order valence-electron chi connectivity index (χ3n) is 5.84. The Bertz CT molecular complexity index is 1390. The average molecular weight is 462 g/mol. The first-order valence-electron chi connectivity index (χ1n) is 10.6. The molecule has 1 N–H and O–H groups in total. The number of nitrogens with zero attached hydrogens (tertiary/aromatic N) is 2. The highest BCUT2D eigenvalue weighted by Crippen LogP contribution is 2.31. The summed E-state index contributed by atoms with van der Waals surface area (Å²) in [6, 6.07) is 16.2. The fourth-order valence-electron chi connectivity index (χ4n) is 4.33. The summed E-state index contributed by atoms with van der Waals surface area (Å²) in [5.41, 5.74) is 6.03. The molecule has 4 aromatic rings. The minimum Gasteiger partial charge on any atom is -0.349 e. The van der Waals surface area contributed by atoms with Crippen LogP contribution in [0.25, 0.3) is 15.9 Å². The Hall–Kier alpha value is -2.90. The summed E-state index contributed by atoms with van der Waals surface area (Å²) < 4.78 is 2.28. The smallest absolute Gasteiger partial charge is 0.276 e. The summed E-state index contributed by atoms with van der Waals surface area (Å²) in [6.07, 6.45) is 1.90. The van der Waals surface area contributed by atoms with E-state index in [-0.39, 0.29) is 23.3 Å². The Labute approximate surface area is 194 Å². The van der Waals surface area contributed by atoms with E-state index >= 15 is 0 Å². The number of amides is 1. The topological polar surface area (TPSA) is 64.0 Å². The van der Waals surface area contributed by atoms with Crippen LogP contribution >= 0.6 is 23.1 Å². The van der Waals surface area contributed by atoms with Crippen LogP contribution in [0.3, 0.4) is 0 Å². The fraction of sp³-hybridized carbons (Fsp3) is 0.240. The standard InChI is InChI=1S/C25H23N3O2S2/c1-15-7-10-21(16(2)13-15)28-24(30)23-20(11-12-31-23)27-25(28)32-14-22(29)26-19-9-8-17-5-3-4-6-18(17)19/h3-7,10-13,19H,8-9,14H2,1-2H3,(H,26,29). The highest BCUT2D eigenvalue weighted by molar-refractivity contribution is 7.99. The van der Waals surface area contributed by atoms with Gasteiger partial charge in [-0.15, -0.1) is 11.3 Å². The lowest BCUT2D eigenvalue weighted by Gasteiger charge is -2.16. The van der Waals surface area contributed by atoms with E-state index < -0.39 is 0 Å². The molecule has 1 unspecified atom stereocenters. The van der Waals surface area contributed by atoms with Gasteiger partial charge < -0.3 is 5.32 Å². The molecule has 0 saturated heterocycles. The molecule has 0 spiro atoms. The van der Waals surface area contributed by atoms with Crippen LogP contribution in [0.5, 0.6) is 0 Å². The molecule has 2 aromatic heterocycles. The van der Waals surface area contributed by atoms with Gasteiger partial charge >= 0.3 is 0 Å². The maximum Gasteiger partial charge on any atom is 0.276 e. The predicted molar refractivity (Wildman–Crippen MR) is 131 cm³/mol. The molecule has 0 radical (unpaired) electrons. The Morgan fingerprint density at radius 1 is 1.22 bits per heavy atom.